The molecule has 0 fully saturated rings. The van der Waals surface area contributed by atoms with Gasteiger partial charge < -0.3 is 5.32 Å². The second kappa shape index (κ2) is 8.29. The Labute approximate surface area is 181 Å². The first-order valence-corrected chi connectivity index (χ1v) is 10.0. The number of nitrogens with zero attached hydrogens (tertiary/aromatic N) is 2. The van der Waals surface area contributed by atoms with Crippen LogP contribution in [0, 0.1) is 11.3 Å². The van der Waals surface area contributed by atoms with Gasteiger partial charge in [0.05, 0.1) is 22.9 Å². The summed E-state index contributed by atoms with van der Waals surface area (Å²) in [6.45, 7) is 4.24. The van der Waals surface area contributed by atoms with Crippen LogP contribution >= 0.6 is 0 Å². The van der Waals surface area contributed by atoms with Crippen LogP contribution in [0.3, 0.4) is 0 Å². The van der Waals surface area contributed by atoms with Gasteiger partial charge in [0.1, 0.15) is 5.70 Å². The summed E-state index contributed by atoms with van der Waals surface area (Å²) < 4.78 is 0. The molecule has 0 unspecified atom stereocenters. The first-order chi connectivity index (χ1) is 15.0. The zero-order valence-corrected chi connectivity index (χ0v) is 17.3. The van der Waals surface area contributed by atoms with E-state index in [9.17, 15) is 9.59 Å². The molecule has 1 aliphatic heterocycles. The van der Waals surface area contributed by atoms with E-state index < -0.39 is 11.8 Å². The van der Waals surface area contributed by atoms with Gasteiger partial charge in [0.15, 0.2) is 0 Å². The maximum absolute atomic E-state index is 13.4. The van der Waals surface area contributed by atoms with Gasteiger partial charge in [0.25, 0.3) is 11.8 Å². The minimum absolute atomic E-state index is 0.234. The molecule has 152 valence electrons. The van der Waals surface area contributed by atoms with Gasteiger partial charge in [-0.25, -0.2) is 4.90 Å². The molecule has 2 amide bonds. The molecule has 0 radical (unpaired) electrons. The van der Waals surface area contributed by atoms with Gasteiger partial charge in [-0.05, 0) is 53.4 Å². The highest BCUT2D eigenvalue weighted by Crippen LogP contribution is 2.34. The number of benzene rings is 3. The normalized spacial score (nSPS) is 13.7. The Bertz CT molecular complexity index is 1200. The van der Waals surface area contributed by atoms with E-state index >= 15 is 0 Å². The van der Waals surface area contributed by atoms with Gasteiger partial charge in [-0.15, -0.1) is 0 Å². The number of imide groups is 1. The summed E-state index contributed by atoms with van der Waals surface area (Å²) >= 11 is 0. The van der Waals surface area contributed by atoms with Crippen LogP contribution in [0.25, 0.3) is 5.57 Å². The third-order valence-corrected chi connectivity index (χ3v) is 5.25. The fourth-order valence-electron chi connectivity index (χ4n) is 3.53. The number of carbonyl (C=O) groups excluding carboxylic acids is 2. The molecule has 3 aromatic carbocycles. The SMILES string of the molecule is CC(C)c1ccc(NC2=C(c3ccccc3)C(=O)N(c3ccc(C#N)cc3)C2=O)cc1. The predicted octanol–water partition coefficient (Wildman–Crippen LogP) is 5.08. The highest BCUT2D eigenvalue weighted by molar-refractivity contribution is 6.46. The average Bonchev–Trinajstić information content (AvgIpc) is 3.04. The van der Waals surface area contributed by atoms with Crippen molar-refractivity contribution in [2.24, 2.45) is 0 Å². The number of amides is 2. The Hall–Kier alpha value is -4.17. The van der Waals surface area contributed by atoms with Gasteiger partial charge in [-0.3, -0.25) is 9.59 Å². The molecule has 5 nitrogen and oxygen atoms in total. The fourth-order valence-corrected chi connectivity index (χ4v) is 3.53. The second-order valence-electron chi connectivity index (χ2n) is 7.62. The van der Waals surface area contributed by atoms with Crippen LogP contribution < -0.4 is 10.2 Å². The number of carbonyl (C=O) groups is 2. The summed E-state index contributed by atoms with van der Waals surface area (Å²) in [5.41, 5.74) is 4.03. The molecule has 4 rings (SSSR count). The van der Waals surface area contributed by atoms with E-state index in [0.717, 1.165) is 10.6 Å². The molecule has 1 aliphatic rings. The van der Waals surface area contributed by atoms with Crippen molar-refractivity contribution in [3.05, 3.63) is 101 Å². The summed E-state index contributed by atoms with van der Waals surface area (Å²) in [5, 5.41) is 12.2. The van der Waals surface area contributed by atoms with E-state index in [1.54, 1.807) is 24.3 Å². The minimum atomic E-state index is -0.429. The number of hydrogen-bond acceptors (Lipinski definition) is 4. The molecule has 5 heteroatoms. The second-order valence-corrected chi connectivity index (χ2v) is 7.62. The van der Waals surface area contributed by atoms with Crippen LogP contribution in [0.4, 0.5) is 11.4 Å². The van der Waals surface area contributed by atoms with E-state index in [0.29, 0.717) is 28.3 Å². The number of nitriles is 1. The average molecular weight is 407 g/mol. The molecule has 0 saturated carbocycles. The number of anilines is 2. The van der Waals surface area contributed by atoms with Crippen LogP contribution in [0.1, 0.15) is 36.5 Å². The summed E-state index contributed by atoms with van der Waals surface area (Å²) in [5.74, 6) is -0.432. The first kappa shape index (κ1) is 20.1. The molecule has 0 spiro atoms. The summed E-state index contributed by atoms with van der Waals surface area (Å²) in [6.07, 6.45) is 0. The van der Waals surface area contributed by atoms with Crippen molar-refractivity contribution >= 4 is 28.8 Å². The summed E-state index contributed by atoms with van der Waals surface area (Å²) in [4.78, 5) is 27.9. The zero-order chi connectivity index (χ0) is 22.0. The molecule has 0 bridgehead atoms. The molecule has 1 heterocycles. The smallest absolute Gasteiger partial charge is 0.282 e. The Kier molecular flexibility index (Phi) is 5.38. The van der Waals surface area contributed by atoms with Crippen molar-refractivity contribution in [2.75, 3.05) is 10.2 Å². The topological polar surface area (TPSA) is 73.2 Å². The van der Waals surface area contributed by atoms with Crippen molar-refractivity contribution in [3.8, 4) is 6.07 Å². The standard InChI is InChI=1S/C26H21N3O2/c1-17(2)19-10-12-21(13-11-19)28-24-23(20-6-4-3-5-7-20)25(30)29(26(24)31)22-14-8-18(16-27)9-15-22/h3-15,17,28H,1-2H3. The van der Waals surface area contributed by atoms with Gasteiger partial charge in [-0.1, -0.05) is 56.3 Å². The highest BCUT2D eigenvalue weighted by Gasteiger charge is 2.40. The lowest BCUT2D eigenvalue weighted by Crippen LogP contribution is -2.32. The number of hydrogen-bond donors (Lipinski definition) is 1. The monoisotopic (exact) mass is 407 g/mol. The van der Waals surface area contributed by atoms with Crippen LogP contribution in [0.5, 0.6) is 0 Å². The van der Waals surface area contributed by atoms with Crippen LogP contribution in [-0.4, -0.2) is 11.8 Å². The summed E-state index contributed by atoms with van der Waals surface area (Å²) in [6, 6.07) is 25.4. The molecule has 0 atom stereocenters. The minimum Gasteiger partial charge on any atom is -0.350 e. The van der Waals surface area contributed by atoms with Crippen molar-refractivity contribution in [1.29, 1.82) is 5.26 Å². The fraction of sp³-hybridized carbons (Fsp3) is 0.115. The van der Waals surface area contributed by atoms with E-state index in [1.165, 1.54) is 5.56 Å². The third kappa shape index (κ3) is 3.84. The molecular weight excluding hydrogens is 386 g/mol. The molecule has 0 aliphatic carbocycles. The third-order valence-electron chi connectivity index (χ3n) is 5.25. The lowest BCUT2D eigenvalue weighted by atomic mass is 10.0. The predicted molar refractivity (Wildman–Crippen MR) is 121 cm³/mol. The van der Waals surface area contributed by atoms with Crippen LogP contribution in [-0.2, 0) is 9.59 Å². The largest absolute Gasteiger partial charge is 0.350 e. The number of rotatable bonds is 5. The van der Waals surface area contributed by atoms with Gasteiger partial charge in [-0.2, -0.15) is 5.26 Å². The molecular formula is C26H21N3O2. The van der Waals surface area contributed by atoms with Crippen LogP contribution in [0.15, 0.2) is 84.6 Å². The lowest BCUT2D eigenvalue weighted by Gasteiger charge is -2.15. The Morgan fingerprint density at radius 1 is 0.839 bits per heavy atom. The van der Waals surface area contributed by atoms with Crippen LogP contribution in [0.2, 0.25) is 0 Å². The quantitative estimate of drug-likeness (QED) is 0.599. The first-order valence-electron chi connectivity index (χ1n) is 10.0. The molecule has 1 N–H and O–H groups in total. The van der Waals surface area contributed by atoms with E-state index in [-0.39, 0.29) is 5.70 Å². The van der Waals surface area contributed by atoms with Crippen molar-refractivity contribution in [3.63, 3.8) is 0 Å². The maximum Gasteiger partial charge on any atom is 0.282 e. The molecule has 3 aromatic rings. The highest BCUT2D eigenvalue weighted by atomic mass is 16.2. The maximum atomic E-state index is 13.4. The van der Waals surface area contributed by atoms with E-state index in [1.807, 2.05) is 60.7 Å². The van der Waals surface area contributed by atoms with E-state index in [4.69, 9.17) is 5.26 Å². The Morgan fingerprint density at radius 2 is 1.48 bits per heavy atom. The molecule has 0 saturated heterocycles. The van der Waals surface area contributed by atoms with Crippen molar-refractivity contribution < 1.29 is 9.59 Å². The van der Waals surface area contributed by atoms with Crippen molar-refractivity contribution in [2.45, 2.75) is 19.8 Å². The van der Waals surface area contributed by atoms with Gasteiger partial charge in [0.2, 0.25) is 0 Å². The Balaban J connectivity index is 1.75. The van der Waals surface area contributed by atoms with E-state index in [2.05, 4.69) is 19.2 Å². The number of nitrogens with one attached hydrogen (secondary N) is 1. The van der Waals surface area contributed by atoms with Gasteiger partial charge >= 0.3 is 0 Å². The zero-order valence-electron chi connectivity index (χ0n) is 17.3. The molecule has 0 aromatic heterocycles. The lowest BCUT2D eigenvalue weighted by molar-refractivity contribution is -0.120. The molecule has 31 heavy (non-hydrogen) atoms. The summed E-state index contributed by atoms with van der Waals surface area (Å²) in [7, 11) is 0. The Morgan fingerprint density at radius 3 is 2.06 bits per heavy atom. The van der Waals surface area contributed by atoms with Gasteiger partial charge in [0, 0.05) is 5.69 Å². The van der Waals surface area contributed by atoms with Crippen molar-refractivity contribution in [1.82, 2.24) is 0 Å².